The van der Waals surface area contributed by atoms with Gasteiger partial charge in [-0.15, -0.1) is 0 Å². The molecule has 0 aromatic carbocycles. The number of rotatable bonds is 4. The lowest BCUT2D eigenvalue weighted by Crippen LogP contribution is -2.24. The Hall–Kier alpha value is -2.91. The lowest BCUT2D eigenvalue weighted by molar-refractivity contribution is -0.385. The van der Waals surface area contributed by atoms with Gasteiger partial charge in [-0.1, -0.05) is 6.07 Å². The number of alkyl halides is 3. The topological polar surface area (TPSA) is 92.1 Å². The predicted octanol–water partition coefficient (Wildman–Crippen LogP) is 2.33. The third kappa shape index (κ3) is 3.84. The van der Waals surface area contributed by atoms with Gasteiger partial charge in [0.25, 0.3) is 5.69 Å². The lowest BCUT2D eigenvalue weighted by atomic mass is 10.2. The van der Waals surface area contributed by atoms with E-state index in [9.17, 15) is 28.1 Å². The minimum Gasteiger partial charge on any atom is -0.353 e. The van der Waals surface area contributed by atoms with Gasteiger partial charge in [-0.2, -0.15) is 13.2 Å². The maximum Gasteiger partial charge on any atom is 0.420 e. The van der Waals surface area contributed by atoms with Crippen LogP contribution in [0.2, 0.25) is 0 Å². The van der Waals surface area contributed by atoms with Gasteiger partial charge in [-0.3, -0.25) is 14.9 Å². The minimum atomic E-state index is -4.80. The molecular weight excluding hydrogens is 317 g/mol. The van der Waals surface area contributed by atoms with Crippen molar-refractivity contribution in [3.05, 3.63) is 62.2 Å². The molecule has 1 N–H and O–H groups in total. The van der Waals surface area contributed by atoms with Crippen molar-refractivity contribution in [1.82, 2.24) is 9.97 Å². The summed E-state index contributed by atoms with van der Waals surface area (Å²) in [7, 11) is 1.34. The normalized spacial score (nSPS) is 11.3. The second kappa shape index (κ2) is 6.07. The molecule has 2 rings (SSSR count). The van der Waals surface area contributed by atoms with Crippen LogP contribution in [0, 0.1) is 10.1 Å². The molecule has 0 atom stereocenters. The molecule has 0 aliphatic rings. The molecule has 7 nitrogen and oxygen atoms in total. The molecule has 0 aliphatic heterocycles. The summed E-state index contributed by atoms with van der Waals surface area (Å²) < 4.78 is 39.3. The number of halogens is 3. The second-order valence-corrected chi connectivity index (χ2v) is 4.72. The molecule has 0 amide bonds. The van der Waals surface area contributed by atoms with Gasteiger partial charge in [0.1, 0.15) is 17.6 Å². The smallest absolute Gasteiger partial charge is 0.353 e. The third-order valence-electron chi connectivity index (χ3n) is 2.97. The summed E-state index contributed by atoms with van der Waals surface area (Å²) in [5.74, 6) is -0.465. The summed E-state index contributed by atoms with van der Waals surface area (Å²) in [6.45, 7) is -0.0516. The van der Waals surface area contributed by atoms with Crippen LogP contribution in [0.5, 0.6) is 0 Å². The van der Waals surface area contributed by atoms with Crippen molar-refractivity contribution in [1.29, 1.82) is 0 Å². The zero-order chi connectivity index (χ0) is 17.2. The average molecular weight is 328 g/mol. The zero-order valence-electron chi connectivity index (χ0n) is 11.8. The number of H-pyrrole nitrogens is 1. The van der Waals surface area contributed by atoms with Gasteiger partial charge in [0, 0.05) is 24.9 Å². The summed E-state index contributed by atoms with van der Waals surface area (Å²) >= 11 is 0. The number of pyridine rings is 2. The Morgan fingerprint density at radius 1 is 1.39 bits per heavy atom. The molecule has 0 bridgehead atoms. The van der Waals surface area contributed by atoms with Gasteiger partial charge >= 0.3 is 6.18 Å². The number of hydrogen-bond donors (Lipinski definition) is 1. The van der Waals surface area contributed by atoms with Gasteiger partial charge in [-0.25, -0.2) is 4.98 Å². The van der Waals surface area contributed by atoms with Crippen LogP contribution in [0.3, 0.4) is 0 Å². The van der Waals surface area contributed by atoms with Gasteiger partial charge in [0.15, 0.2) is 0 Å². The van der Waals surface area contributed by atoms with Crippen LogP contribution in [-0.4, -0.2) is 21.9 Å². The van der Waals surface area contributed by atoms with E-state index in [4.69, 9.17) is 0 Å². The SMILES string of the molecule is CN(Cc1cccc(=O)[nH]1)c1ncc([N+](=O)[O-])cc1C(F)(F)F. The van der Waals surface area contributed by atoms with Crippen LogP contribution in [0.4, 0.5) is 24.7 Å². The number of nitro groups is 1. The summed E-state index contributed by atoms with van der Waals surface area (Å²) in [6, 6.07) is 4.72. The molecular formula is C13H11F3N4O3. The van der Waals surface area contributed by atoms with Crippen LogP contribution < -0.4 is 10.5 Å². The van der Waals surface area contributed by atoms with E-state index in [1.165, 1.54) is 25.2 Å². The first-order valence-electron chi connectivity index (χ1n) is 6.29. The highest BCUT2D eigenvalue weighted by atomic mass is 19.4. The first-order valence-corrected chi connectivity index (χ1v) is 6.29. The van der Waals surface area contributed by atoms with Crippen molar-refractivity contribution in [2.24, 2.45) is 0 Å². The van der Waals surface area contributed by atoms with Crippen LogP contribution >= 0.6 is 0 Å². The molecule has 0 aliphatic carbocycles. The molecule has 2 aromatic heterocycles. The first-order chi connectivity index (χ1) is 10.7. The van der Waals surface area contributed by atoms with Crippen LogP contribution in [0.1, 0.15) is 11.3 Å². The molecule has 0 unspecified atom stereocenters. The average Bonchev–Trinajstić information content (AvgIpc) is 2.45. The Morgan fingerprint density at radius 2 is 2.09 bits per heavy atom. The molecule has 0 radical (unpaired) electrons. The van der Waals surface area contributed by atoms with E-state index >= 15 is 0 Å². The number of nitrogens with zero attached hydrogens (tertiary/aromatic N) is 3. The van der Waals surface area contributed by atoms with Crippen molar-refractivity contribution in [2.45, 2.75) is 12.7 Å². The maximum absolute atomic E-state index is 13.1. The van der Waals surface area contributed by atoms with Crippen LogP contribution in [-0.2, 0) is 12.7 Å². The highest BCUT2D eigenvalue weighted by Gasteiger charge is 2.37. The fraction of sp³-hybridized carbons (Fsp3) is 0.231. The molecule has 10 heteroatoms. The molecule has 2 heterocycles. The minimum absolute atomic E-state index is 0.0516. The van der Waals surface area contributed by atoms with E-state index < -0.39 is 28.2 Å². The van der Waals surface area contributed by atoms with Gasteiger partial charge in [-0.05, 0) is 6.07 Å². The second-order valence-electron chi connectivity index (χ2n) is 4.72. The molecule has 0 spiro atoms. The lowest BCUT2D eigenvalue weighted by Gasteiger charge is -2.21. The zero-order valence-corrected chi connectivity index (χ0v) is 11.8. The molecule has 23 heavy (non-hydrogen) atoms. The first kappa shape index (κ1) is 16.5. The van der Waals surface area contributed by atoms with E-state index in [0.717, 1.165) is 11.1 Å². The Labute approximate surface area is 127 Å². The molecule has 2 aromatic rings. The third-order valence-corrected chi connectivity index (χ3v) is 2.97. The number of hydrogen-bond acceptors (Lipinski definition) is 5. The number of aromatic amines is 1. The van der Waals surface area contributed by atoms with Crippen molar-refractivity contribution in [3.8, 4) is 0 Å². The highest BCUT2D eigenvalue weighted by molar-refractivity contribution is 5.52. The maximum atomic E-state index is 13.1. The number of anilines is 1. The fourth-order valence-electron chi connectivity index (χ4n) is 1.98. The van der Waals surface area contributed by atoms with Crippen molar-refractivity contribution >= 4 is 11.5 Å². The van der Waals surface area contributed by atoms with Crippen molar-refractivity contribution in [2.75, 3.05) is 11.9 Å². The van der Waals surface area contributed by atoms with Gasteiger partial charge in [0.2, 0.25) is 5.56 Å². The monoisotopic (exact) mass is 328 g/mol. The van der Waals surface area contributed by atoms with E-state index in [0.29, 0.717) is 11.8 Å². The van der Waals surface area contributed by atoms with E-state index in [1.807, 2.05) is 0 Å². The largest absolute Gasteiger partial charge is 0.420 e. The fourth-order valence-corrected chi connectivity index (χ4v) is 1.98. The Balaban J connectivity index is 2.41. The summed E-state index contributed by atoms with van der Waals surface area (Å²) in [5, 5.41) is 10.6. The summed E-state index contributed by atoms with van der Waals surface area (Å²) in [5.41, 5.74) is -1.97. The van der Waals surface area contributed by atoms with Crippen molar-refractivity contribution < 1.29 is 18.1 Å². The van der Waals surface area contributed by atoms with E-state index in [1.54, 1.807) is 0 Å². The Kier molecular flexibility index (Phi) is 4.34. The Morgan fingerprint density at radius 3 is 2.65 bits per heavy atom. The van der Waals surface area contributed by atoms with E-state index in [-0.39, 0.29) is 12.1 Å². The molecule has 0 saturated carbocycles. The summed E-state index contributed by atoms with van der Waals surface area (Å²) in [4.78, 5) is 28.1. The Bertz CT molecular complexity index is 789. The van der Waals surface area contributed by atoms with E-state index in [2.05, 4.69) is 9.97 Å². The molecule has 0 fully saturated rings. The van der Waals surface area contributed by atoms with Crippen LogP contribution in [0.25, 0.3) is 0 Å². The number of aromatic nitrogens is 2. The van der Waals surface area contributed by atoms with Gasteiger partial charge in [0.05, 0.1) is 11.5 Å². The molecule has 0 saturated heterocycles. The standard InChI is InChI=1S/C13H11F3N4O3/c1-19(7-8-3-2-4-11(21)18-8)12-10(13(14,15)16)5-9(6-17-12)20(22)23/h2-6H,7H2,1H3,(H,18,21). The van der Waals surface area contributed by atoms with Crippen molar-refractivity contribution in [3.63, 3.8) is 0 Å². The molecule has 122 valence electrons. The quantitative estimate of drug-likeness (QED) is 0.687. The van der Waals surface area contributed by atoms with Crippen LogP contribution in [0.15, 0.2) is 35.3 Å². The highest BCUT2D eigenvalue weighted by Crippen LogP contribution is 2.37. The number of nitrogens with one attached hydrogen (secondary N) is 1. The van der Waals surface area contributed by atoms with Gasteiger partial charge < -0.3 is 9.88 Å². The summed E-state index contributed by atoms with van der Waals surface area (Å²) in [6.07, 6.45) is -4.04. The predicted molar refractivity (Wildman–Crippen MR) is 75.1 cm³/mol.